The maximum Gasteiger partial charge on any atom is 0.313 e. The molecule has 0 saturated carbocycles. The first kappa shape index (κ1) is 63.4. The molecule has 1 saturated heterocycles. The van der Waals surface area contributed by atoms with Gasteiger partial charge in [-0.1, -0.05) is 75.4 Å². The Balaban J connectivity index is 0.990. The van der Waals surface area contributed by atoms with Gasteiger partial charge >= 0.3 is 5.97 Å². The average molecular weight is 1180 g/mol. The van der Waals surface area contributed by atoms with Crippen molar-refractivity contribution in [1.29, 1.82) is 0 Å². The van der Waals surface area contributed by atoms with Crippen molar-refractivity contribution in [2.24, 2.45) is 5.41 Å². The van der Waals surface area contributed by atoms with Crippen molar-refractivity contribution in [3.8, 4) is 0 Å². The van der Waals surface area contributed by atoms with Crippen LogP contribution in [0, 0.1) is 5.41 Å². The van der Waals surface area contributed by atoms with Crippen LogP contribution < -0.4 is 42.5 Å². The van der Waals surface area contributed by atoms with Crippen molar-refractivity contribution in [2.45, 2.75) is 166 Å². The molecule has 4 aromatic carbocycles. The quantitative estimate of drug-likeness (QED) is 0.0558. The van der Waals surface area contributed by atoms with Gasteiger partial charge in [0.1, 0.15) is 24.2 Å². The molecule has 2 aliphatic carbocycles. The fourth-order valence-corrected chi connectivity index (χ4v) is 12.6. The van der Waals surface area contributed by atoms with E-state index in [1.54, 1.807) is 53.9 Å². The predicted molar refractivity (Wildman–Crippen MR) is 325 cm³/mol. The van der Waals surface area contributed by atoms with Crippen LogP contribution in [0.1, 0.15) is 147 Å². The number of hydrogen-bond acceptors (Lipinski definition) is 12. The minimum absolute atomic E-state index is 0.00140. The first-order valence-electron chi connectivity index (χ1n) is 29.4. The van der Waals surface area contributed by atoms with Gasteiger partial charge in [-0.05, 0) is 162 Å². The van der Waals surface area contributed by atoms with Crippen LogP contribution in [0.15, 0.2) is 91.0 Å². The highest BCUT2D eigenvalue weighted by molar-refractivity contribution is 8.01. The predicted octanol–water partition coefficient (Wildman–Crippen LogP) is 5.11. The first-order chi connectivity index (χ1) is 40.4. The minimum atomic E-state index is -1.26. The molecular weight excluding hydrogens is 1100 g/mol. The number of aliphatic carboxylic acids is 1. The summed E-state index contributed by atoms with van der Waals surface area (Å²) in [4.78, 5) is 128. The van der Waals surface area contributed by atoms with E-state index in [0.717, 1.165) is 71.7 Å². The summed E-state index contributed by atoms with van der Waals surface area (Å²) in [5, 5.41) is 33.7. The normalized spacial score (nSPS) is 20.6. The number of likely N-dealkylation sites (tertiary alicyclic amines) is 1. The number of thioether (sulfide) groups is 1. The summed E-state index contributed by atoms with van der Waals surface area (Å²) in [6.07, 6.45) is 5.19. The number of aryl methyl sites for hydroxylation is 2. The number of fused-ring (bicyclic) bond motifs is 3. The Kier molecular flexibility index (Phi) is 20.3. The number of hydrogen-bond donors (Lipinski definition) is 9. The molecule has 454 valence electrons. The molecule has 4 aliphatic rings. The fourth-order valence-electron chi connectivity index (χ4n) is 11.8. The van der Waals surface area contributed by atoms with E-state index in [1.807, 2.05) is 63.2 Å². The van der Waals surface area contributed by atoms with Gasteiger partial charge in [0.25, 0.3) is 11.8 Å². The number of carbonyl (C=O) groups excluding carboxylic acids is 8. The summed E-state index contributed by atoms with van der Waals surface area (Å²) in [5.41, 5.74) is 5.86. The molecule has 20 nitrogen and oxygen atoms in total. The molecule has 0 bridgehead atoms. The number of rotatable bonds is 20. The Hall–Kier alpha value is -7.62. The summed E-state index contributed by atoms with van der Waals surface area (Å²) in [6, 6.07) is 20.5. The highest BCUT2D eigenvalue weighted by Gasteiger charge is 2.48. The number of nitrogens with zero attached hydrogens (tertiary/aromatic N) is 2. The number of anilines is 1. The van der Waals surface area contributed by atoms with Crippen LogP contribution in [0.2, 0.25) is 0 Å². The van der Waals surface area contributed by atoms with Gasteiger partial charge in [0, 0.05) is 47.1 Å². The van der Waals surface area contributed by atoms with Crippen LogP contribution in [0.5, 0.6) is 0 Å². The van der Waals surface area contributed by atoms with Crippen LogP contribution in [-0.2, 0) is 59.4 Å². The lowest BCUT2D eigenvalue weighted by atomic mass is 9.85. The van der Waals surface area contributed by atoms with Crippen molar-refractivity contribution in [3.05, 3.63) is 136 Å². The number of nitrogens with one attached hydrogen (secondary N) is 8. The molecule has 0 aromatic heterocycles. The van der Waals surface area contributed by atoms with Crippen molar-refractivity contribution in [2.75, 3.05) is 31.7 Å². The highest BCUT2D eigenvalue weighted by Crippen LogP contribution is 2.36. The van der Waals surface area contributed by atoms with Gasteiger partial charge in [-0.25, -0.2) is 0 Å². The third kappa shape index (κ3) is 15.1. The van der Waals surface area contributed by atoms with Crippen molar-refractivity contribution < 1.29 is 48.3 Å². The molecular formula is C64H82N10O10S. The van der Waals surface area contributed by atoms with Crippen molar-refractivity contribution in [1.82, 2.24) is 47.0 Å². The summed E-state index contributed by atoms with van der Waals surface area (Å²) in [5.74, 6) is -5.03. The van der Waals surface area contributed by atoms with E-state index < -0.39 is 88.0 Å². The lowest BCUT2D eigenvalue weighted by Gasteiger charge is -2.42. The second-order valence-electron chi connectivity index (χ2n) is 24.5. The zero-order valence-corrected chi connectivity index (χ0v) is 50.9. The maximum absolute atomic E-state index is 15.2. The zero-order valence-electron chi connectivity index (χ0n) is 50.1. The SMILES string of the molecule is CN[C@@H](C)C(=O)N[C@H](C(=O)N1C[C@@H](NC(=O)c2ccc(C(=O)Nc3ccc4c(c3)CN(C(=O)[C@@H](NC(=O)[C@H](C)NC)C(C)(C)SCC(=O)O)[C@H](C(=O)N[C@@H]3CCCc5ccccc53)C4)cc2)C[C@H]1C(=O)N[C@@H]1CCCc2ccccc21)C(C)(C)C. The summed E-state index contributed by atoms with van der Waals surface area (Å²) in [7, 11) is 3.26. The van der Waals surface area contributed by atoms with Gasteiger partial charge in [0.2, 0.25) is 35.4 Å². The van der Waals surface area contributed by atoms with E-state index in [2.05, 4.69) is 54.7 Å². The number of benzene rings is 4. The number of likely N-dealkylation sites (N-methyl/N-ethyl adjacent to an activating group) is 2. The van der Waals surface area contributed by atoms with E-state index in [4.69, 9.17) is 0 Å². The molecule has 0 spiro atoms. The standard InChI is InChI=1S/C64H82N10O10S/c1-36(65-8)55(77)71-53(63(3,4)5)61(83)74-34-45(32-51(74)60(82)70-49-23-15-19-39-17-11-13-21-47(39)49)68-58(80)41-26-24-40(25-27-41)57(79)67-44-29-28-42-31-50(59(81)69-48-22-14-18-38-16-10-12-20-46(38)48)73(33-43(42)30-44)62(84)54(72-56(78)37(2)66-9)64(6,7)85-35-52(75)76/h10-13,16-17,20-21,24-30,36-37,45,48-51,53-54,65-66H,14-15,18-19,22-23,31-35H2,1-9H3,(H,67,79)(H,68,80)(H,69,81)(H,70,82)(H,71,77)(H,72,78)(H,75,76)/t36-,37-,45-,48+,49+,50-,51-,53+,54+/m0/s1. The Morgan fingerprint density at radius 3 is 1.67 bits per heavy atom. The molecule has 9 atom stereocenters. The molecule has 1 fully saturated rings. The molecule has 2 heterocycles. The fraction of sp³-hybridized carbons (Fsp3) is 0.484. The van der Waals surface area contributed by atoms with Gasteiger partial charge < -0.3 is 57.4 Å². The molecule has 4 aromatic rings. The third-order valence-electron chi connectivity index (χ3n) is 17.0. The molecule has 9 N–H and O–H groups in total. The van der Waals surface area contributed by atoms with Crippen LogP contribution >= 0.6 is 11.8 Å². The smallest absolute Gasteiger partial charge is 0.313 e. The summed E-state index contributed by atoms with van der Waals surface area (Å²) < 4.78 is -1.15. The monoisotopic (exact) mass is 1180 g/mol. The Labute approximate surface area is 501 Å². The first-order valence-corrected chi connectivity index (χ1v) is 30.4. The molecule has 21 heteroatoms. The van der Waals surface area contributed by atoms with Gasteiger partial charge in [-0.3, -0.25) is 43.2 Å². The van der Waals surface area contributed by atoms with E-state index >= 15 is 4.79 Å². The van der Waals surface area contributed by atoms with Gasteiger partial charge in [-0.15, -0.1) is 11.8 Å². The van der Waals surface area contributed by atoms with Crippen molar-refractivity contribution in [3.63, 3.8) is 0 Å². The molecule has 85 heavy (non-hydrogen) atoms. The Bertz CT molecular complexity index is 3180. The number of carboxylic acid groups (broad SMARTS) is 1. The van der Waals surface area contributed by atoms with Crippen molar-refractivity contribution >= 4 is 70.7 Å². The largest absolute Gasteiger partial charge is 0.481 e. The second-order valence-corrected chi connectivity index (χ2v) is 26.1. The van der Waals surface area contributed by atoms with E-state index in [0.29, 0.717) is 17.7 Å². The summed E-state index contributed by atoms with van der Waals surface area (Å²) >= 11 is 0.999. The van der Waals surface area contributed by atoms with Gasteiger partial charge in [-0.2, -0.15) is 0 Å². The lowest BCUT2D eigenvalue weighted by Crippen LogP contribution is -2.63. The van der Waals surface area contributed by atoms with Crippen LogP contribution in [0.25, 0.3) is 0 Å². The maximum atomic E-state index is 15.2. The highest BCUT2D eigenvalue weighted by atomic mass is 32.2. The van der Waals surface area contributed by atoms with Crippen LogP contribution in [-0.4, -0.2) is 142 Å². The summed E-state index contributed by atoms with van der Waals surface area (Å²) in [6.45, 7) is 12.2. The topological polar surface area (TPSA) is 277 Å². The van der Waals surface area contributed by atoms with Crippen LogP contribution in [0.4, 0.5) is 5.69 Å². The average Bonchev–Trinajstić information content (AvgIpc) is 1.99. The van der Waals surface area contributed by atoms with Gasteiger partial charge in [0.15, 0.2) is 0 Å². The van der Waals surface area contributed by atoms with E-state index in [9.17, 15) is 43.5 Å². The lowest BCUT2D eigenvalue weighted by molar-refractivity contribution is -0.145. The molecule has 8 amide bonds. The molecule has 8 rings (SSSR count). The minimum Gasteiger partial charge on any atom is -0.481 e. The van der Waals surface area contributed by atoms with Crippen LogP contribution in [0.3, 0.4) is 0 Å². The molecule has 0 radical (unpaired) electrons. The molecule has 0 unspecified atom stereocenters. The second kappa shape index (κ2) is 27.2. The Morgan fingerprint density at radius 1 is 0.612 bits per heavy atom. The molecule has 2 aliphatic heterocycles. The third-order valence-corrected chi connectivity index (χ3v) is 18.4. The number of amides is 8. The number of carbonyl (C=O) groups is 9. The van der Waals surface area contributed by atoms with E-state index in [-0.39, 0.29) is 72.6 Å². The van der Waals surface area contributed by atoms with E-state index in [1.165, 1.54) is 34.1 Å². The Morgan fingerprint density at radius 2 is 1.13 bits per heavy atom. The van der Waals surface area contributed by atoms with Gasteiger partial charge in [0.05, 0.1) is 29.9 Å². The number of carboxylic acids is 1. The zero-order chi connectivity index (χ0) is 61.5.